The lowest BCUT2D eigenvalue weighted by Crippen LogP contribution is -2.63. The van der Waals surface area contributed by atoms with Crippen LogP contribution in [0.25, 0.3) is 10.8 Å². The monoisotopic (exact) mass is 444 g/mol. The average molecular weight is 444 g/mol. The molecule has 0 bridgehead atoms. The first-order valence-corrected chi connectivity index (χ1v) is 11.1. The van der Waals surface area contributed by atoms with Gasteiger partial charge in [-0.15, -0.1) is 6.58 Å². The van der Waals surface area contributed by atoms with Crippen LogP contribution in [-0.4, -0.2) is 36.7 Å². The third-order valence-corrected chi connectivity index (χ3v) is 7.96. The minimum atomic E-state index is -1.78. The Morgan fingerprint density at radius 3 is 2.38 bits per heavy atom. The van der Waals surface area contributed by atoms with Gasteiger partial charge in [0, 0.05) is 29.9 Å². The quantitative estimate of drug-likeness (QED) is 0.563. The molecule has 6 heteroatoms. The summed E-state index contributed by atoms with van der Waals surface area (Å²) < 4.78 is 0. The number of nitrogens with zero attached hydrogens (tertiary/aromatic N) is 4. The maximum Gasteiger partial charge on any atom is 0.254 e. The summed E-state index contributed by atoms with van der Waals surface area (Å²) in [6.07, 6.45) is 1.64. The fourth-order valence-electron chi connectivity index (χ4n) is 6.88. The number of nitriles is 2. The number of likely N-dealkylation sites (tertiary alicyclic amines) is 1. The standard InChI is InChI=1S/C28H20N4O2/c1-3-14-32-22-13-5-4-11-20(22)28(25(32)34)27(26(15-29,16-30)17-31(28)2)21-12-7-9-18-8-6-10-19(23(18)21)24(27)33/h3-13H,1,14,17H2,2H3/t27-,28+/m0/s1. The summed E-state index contributed by atoms with van der Waals surface area (Å²) >= 11 is 0. The van der Waals surface area contributed by atoms with Gasteiger partial charge in [-0.25, -0.2) is 0 Å². The highest BCUT2D eigenvalue weighted by Gasteiger charge is 2.83. The van der Waals surface area contributed by atoms with Gasteiger partial charge >= 0.3 is 0 Å². The van der Waals surface area contributed by atoms with Crippen molar-refractivity contribution >= 4 is 28.2 Å². The van der Waals surface area contributed by atoms with Crippen LogP contribution in [0.4, 0.5) is 5.69 Å². The molecule has 0 radical (unpaired) electrons. The fraction of sp³-hybridized carbons (Fsp3) is 0.214. The number of carbonyl (C=O) groups is 2. The van der Waals surface area contributed by atoms with Crippen molar-refractivity contribution in [1.29, 1.82) is 10.5 Å². The van der Waals surface area contributed by atoms with Gasteiger partial charge in [-0.05, 0) is 29.4 Å². The Morgan fingerprint density at radius 2 is 1.68 bits per heavy atom. The number of hydrogen-bond acceptors (Lipinski definition) is 5. The van der Waals surface area contributed by atoms with Crippen molar-refractivity contribution in [3.8, 4) is 12.1 Å². The highest BCUT2D eigenvalue weighted by Crippen LogP contribution is 2.69. The minimum absolute atomic E-state index is 0.0435. The lowest BCUT2D eigenvalue weighted by Gasteiger charge is -2.44. The van der Waals surface area contributed by atoms with E-state index in [1.807, 2.05) is 48.5 Å². The van der Waals surface area contributed by atoms with Gasteiger partial charge in [0.1, 0.15) is 11.0 Å². The van der Waals surface area contributed by atoms with Gasteiger partial charge < -0.3 is 4.90 Å². The molecular weight excluding hydrogens is 424 g/mol. The maximum absolute atomic E-state index is 14.6. The Balaban J connectivity index is 1.85. The highest BCUT2D eigenvalue weighted by atomic mass is 16.2. The Labute approximate surface area is 196 Å². The zero-order valence-corrected chi connectivity index (χ0v) is 18.6. The van der Waals surface area contributed by atoms with E-state index in [4.69, 9.17) is 0 Å². The molecule has 1 aliphatic carbocycles. The average Bonchev–Trinajstić information content (AvgIpc) is 3.37. The first-order chi connectivity index (χ1) is 16.5. The molecule has 2 spiro atoms. The molecule has 0 unspecified atom stereocenters. The van der Waals surface area contributed by atoms with E-state index >= 15 is 0 Å². The van der Waals surface area contributed by atoms with Gasteiger partial charge in [0.05, 0.1) is 12.1 Å². The molecule has 1 saturated heterocycles. The zero-order valence-electron chi connectivity index (χ0n) is 18.6. The highest BCUT2D eigenvalue weighted by molar-refractivity contribution is 6.26. The number of fused-ring (bicyclic) bond motifs is 4. The predicted molar refractivity (Wildman–Crippen MR) is 127 cm³/mol. The third-order valence-electron chi connectivity index (χ3n) is 7.96. The van der Waals surface area contributed by atoms with E-state index in [1.54, 1.807) is 35.1 Å². The van der Waals surface area contributed by atoms with Crippen molar-refractivity contribution in [2.45, 2.75) is 11.0 Å². The van der Waals surface area contributed by atoms with Gasteiger partial charge in [0.15, 0.2) is 11.2 Å². The largest absolute Gasteiger partial charge is 0.306 e. The molecule has 3 aromatic carbocycles. The SMILES string of the molecule is C=CCN1C(=O)[C@@]2(c3ccccc31)N(C)CC(C#N)(C#N)[C@]21C(=O)c2cccc3cccc1c23. The molecule has 3 aromatic rings. The van der Waals surface area contributed by atoms with Crippen molar-refractivity contribution in [3.63, 3.8) is 0 Å². The van der Waals surface area contributed by atoms with E-state index in [-0.39, 0.29) is 24.8 Å². The second-order valence-corrected chi connectivity index (χ2v) is 9.21. The summed E-state index contributed by atoms with van der Waals surface area (Å²) in [7, 11) is 1.74. The molecule has 6 nitrogen and oxygen atoms in total. The summed E-state index contributed by atoms with van der Waals surface area (Å²) in [4.78, 5) is 32.6. The summed E-state index contributed by atoms with van der Waals surface area (Å²) in [5.74, 6) is -0.669. The number of likely N-dealkylation sites (N-methyl/N-ethyl adjacent to an activating group) is 1. The summed E-state index contributed by atoms with van der Waals surface area (Å²) in [6.45, 7) is 4.02. The second kappa shape index (κ2) is 6.41. The minimum Gasteiger partial charge on any atom is -0.306 e. The van der Waals surface area contributed by atoms with Gasteiger partial charge in [0.25, 0.3) is 5.91 Å². The van der Waals surface area contributed by atoms with E-state index in [9.17, 15) is 20.1 Å². The van der Waals surface area contributed by atoms with Crippen LogP contribution in [0.3, 0.4) is 0 Å². The molecule has 0 aromatic heterocycles. The Morgan fingerprint density at radius 1 is 1.00 bits per heavy atom. The molecule has 164 valence electrons. The summed E-state index contributed by atoms with van der Waals surface area (Å²) in [6, 6.07) is 22.8. The number of ketones is 1. The second-order valence-electron chi connectivity index (χ2n) is 9.21. The maximum atomic E-state index is 14.6. The number of Topliss-reactive ketones (excluding diaryl/α,β-unsaturated/α-hetero) is 1. The van der Waals surface area contributed by atoms with Crippen LogP contribution in [-0.2, 0) is 15.7 Å². The Kier molecular flexibility index (Phi) is 3.84. The van der Waals surface area contributed by atoms with E-state index in [2.05, 4.69) is 18.7 Å². The smallest absolute Gasteiger partial charge is 0.254 e. The zero-order chi connectivity index (χ0) is 23.9. The first kappa shape index (κ1) is 20.4. The third kappa shape index (κ3) is 1.81. The molecular formula is C28H20N4O2. The number of hydrogen-bond donors (Lipinski definition) is 0. The predicted octanol–water partition coefficient (Wildman–Crippen LogP) is 3.68. The molecule has 6 rings (SSSR count). The molecule has 2 heterocycles. The van der Waals surface area contributed by atoms with Crippen LogP contribution in [0, 0.1) is 28.1 Å². The molecule has 0 saturated carbocycles. The van der Waals surface area contributed by atoms with Crippen molar-refractivity contribution < 1.29 is 9.59 Å². The molecule has 3 aliphatic rings. The Hall–Kier alpha value is -4.26. The Bertz CT molecular complexity index is 1520. The fourth-order valence-corrected chi connectivity index (χ4v) is 6.88. The lowest BCUT2D eigenvalue weighted by atomic mass is 9.53. The first-order valence-electron chi connectivity index (χ1n) is 11.1. The van der Waals surface area contributed by atoms with Crippen molar-refractivity contribution in [1.82, 2.24) is 4.90 Å². The van der Waals surface area contributed by atoms with E-state index < -0.39 is 16.4 Å². The van der Waals surface area contributed by atoms with Gasteiger partial charge in [-0.1, -0.05) is 60.7 Å². The van der Waals surface area contributed by atoms with Crippen molar-refractivity contribution in [3.05, 3.63) is 90.0 Å². The van der Waals surface area contributed by atoms with Crippen LogP contribution in [0.2, 0.25) is 0 Å². The molecule has 2 atom stereocenters. The number of amides is 1. The van der Waals surface area contributed by atoms with Crippen LogP contribution in [0.15, 0.2) is 73.3 Å². The van der Waals surface area contributed by atoms with E-state index in [0.717, 1.165) is 5.39 Å². The van der Waals surface area contributed by atoms with Crippen molar-refractivity contribution in [2.75, 3.05) is 25.0 Å². The van der Waals surface area contributed by atoms with Gasteiger partial charge in [-0.3, -0.25) is 14.5 Å². The van der Waals surface area contributed by atoms with Crippen LogP contribution in [0.1, 0.15) is 21.5 Å². The van der Waals surface area contributed by atoms with E-state index in [1.165, 1.54) is 0 Å². The summed E-state index contributed by atoms with van der Waals surface area (Å²) in [5, 5.41) is 22.7. The normalized spacial score (nSPS) is 26.3. The number of para-hydroxylation sites is 1. The van der Waals surface area contributed by atoms with Crippen LogP contribution >= 0.6 is 0 Å². The van der Waals surface area contributed by atoms with Crippen molar-refractivity contribution in [2.24, 2.45) is 5.41 Å². The topological polar surface area (TPSA) is 88.2 Å². The number of carbonyl (C=O) groups excluding carboxylic acids is 2. The molecule has 2 aliphatic heterocycles. The van der Waals surface area contributed by atoms with E-state index in [0.29, 0.717) is 27.8 Å². The number of anilines is 1. The number of benzene rings is 3. The van der Waals surface area contributed by atoms with Crippen LogP contribution < -0.4 is 4.90 Å². The molecule has 1 fully saturated rings. The van der Waals surface area contributed by atoms with Crippen LogP contribution in [0.5, 0.6) is 0 Å². The summed E-state index contributed by atoms with van der Waals surface area (Å²) in [5.41, 5.74) is -2.74. The van der Waals surface area contributed by atoms with Gasteiger partial charge in [0.2, 0.25) is 0 Å². The lowest BCUT2D eigenvalue weighted by molar-refractivity contribution is -0.130. The van der Waals surface area contributed by atoms with Gasteiger partial charge in [-0.2, -0.15) is 10.5 Å². The number of rotatable bonds is 2. The molecule has 1 amide bonds. The molecule has 0 N–H and O–H groups in total. The molecule has 34 heavy (non-hydrogen) atoms.